The van der Waals surface area contributed by atoms with E-state index >= 15 is 0 Å². The first-order valence-electron chi connectivity index (χ1n) is 6.07. The molecule has 0 radical (unpaired) electrons. The minimum absolute atomic E-state index is 0.0132. The zero-order chi connectivity index (χ0) is 13.5. The number of carbonyl (C=O) groups is 1. The van der Waals surface area contributed by atoms with Gasteiger partial charge in [-0.2, -0.15) is 0 Å². The number of amides is 1. The quantitative estimate of drug-likeness (QED) is 0.743. The number of benzene rings is 1. The molecular formula is C14H20ClNO2. The SMILES string of the molecule is CC(C)c1cccc(OCCN(C)C(=O)CCl)c1. The second-order valence-corrected chi connectivity index (χ2v) is 4.79. The summed E-state index contributed by atoms with van der Waals surface area (Å²) in [5.41, 5.74) is 1.25. The monoisotopic (exact) mass is 269 g/mol. The normalized spacial score (nSPS) is 10.5. The number of carbonyl (C=O) groups excluding carboxylic acids is 1. The van der Waals surface area contributed by atoms with Gasteiger partial charge >= 0.3 is 0 Å². The lowest BCUT2D eigenvalue weighted by molar-refractivity contribution is -0.127. The van der Waals surface area contributed by atoms with Crippen molar-refractivity contribution in [1.82, 2.24) is 4.90 Å². The number of halogens is 1. The summed E-state index contributed by atoms with van der Waals surface area (Å²) in [6, 6.07) is 8.03. The zero-order valence-electron chi connectivity index (χ0n) is 11.1. The molecule has 0 heterocycles. The maximum absolute atomic E-state index is 11.2. The summed E-state index contributed by atoms with van der Waals surface area (Å²) in [4.78, 5) is 12.8. The van der Waals surface area contributed by atoms with Crippen molar-refractivity contribution in [2.24, 2.45) is 0 Å². The van der Waals surface area contributed by atoms with Gasteiger partial charge in [0, 0.05) is 7.05 Å². The van der Waals surface area contributed by atoms with Gasteiger partial charge in [0.1, 0.15) is 18.2 Å². The molecule has 1 amide bonds. The van der Waals surface area contributed by atoms with Gasteiger partial charge < -0.3 is 9.64 Å². The number of rotatable bonds is 6. The standard InChI is InChI=1S/C14H20ClNO2/c1-11(2)12-5-4-6-13(9-12)18-8-7-16(3)14(17)10-15/h4-6,9,11H,7-8,10H2,1-3H3. The van der Waals surface area contributed by atoms with E-state index in [9.17, 15) is 4.79 Å². The van der Waals surface area contributed by atoms with Crippen LogP contribution in [0.15, 0.2) is 24.3 Å². The van der Waals surface area contributed by atoms with E-state index in [1.54, 1.807) is 11.9 Å². The molecule has 1 aromatic rings. The molecule has 0 N–H and O–H groups in total. The third-order valence-electron chi connectivity index (χ3n) is 2.76. The Morgan fingerprint density at radius 2 is 2.17 bits per heavy atom. The van der Waals surface area contributed by atoms with Crippen molar-refractivity contribution < 1.29 is 9.53 Å². The average molecular weight is 270 g/mol. The van der Waals surface area contributed by atoms with Gasteiger partial charge in [0.05, 0.1) is 6.54 Å². The predicted molar refractivity (Wildman–Crippen MR) is 74.4 cm³/mol. The molecule has 1 rings (SSSR count). The molecule has 0 fully saturated rings. The Hall–Kier alpha value is -1.22. The Kier molecular flexibility index (Phi) is 5.99. The van der Waals surface area contributed by atoms with Crippen molar-refractivity contribution in [3.8, 4) is 5.75 Å². The fraction of sp³-hybridized carbons (Fsp3) is 0.500. The highest BCUT2D eigenvalue weighted by molar-refractivity contribution is 6.27. The van der Waals surface area contributed by atoms with Crippen LogP contribution in [0, 0.1) is 0 Å². The fourth-order valence-electron chi connectivity index (χ4n) is 1.49. The van der Waals surface area contributed by atoms with Crippen LogP contribution in [0.5, 0.6) is 5.75 Å². The van der Waals surface area contributed by atoms with Crippen LogP contribution in [-0.4, -0.2) is 36.9 Å². The van der Waals surface area contributed by atoms with E-state index in [4.69, 9.17) is 16.3 Å². The van der Waals surface area contributed by atoms with Crippen LogP contribution < -0.4 is 4.74 Å². The van der Waals surface area contributed by atoms with Gasteiger partial charge in [-0.1, -0.05) is 26.0 Å². The molecule has 0 atom stereocenters. The maximum Gasteiger partial charge on any atom is 0.237 e. The van der Waals surface area contributed by atoms with E-state index in [0.717, 1.165) is 5.75 Å². The first-order chi connectivity index (χ1) is 8.54. The summed E-state index contributed by atoms with van der Waals surface area (Å²) >= 11 is 5.47. The van der Waals surface area contributed by atoms with Crippen molar-refractivity contribution in [3.05, 3.63) is 29.8 Å². The number of ether oxygens (including phenoxy) is 1. The van der Waals surface area contributed by atoms with Crippen molar-refractivity contribution in [2.45, 2.75) is 19.8 Å². The third-order valence-corrected chi connectivity index (χ3v) is 2.99. The molecule has 0 saturated heterocycles. The lowest BCUT2D eigenvalue weighted by atomic mass is 10.0. The molecule has 0 aliphatic heterocycles. The highest BCUT2D eigenvalue weighted by Crippen LogP contribution is 2.19. The molecule has 0 aliphatic rings. The molecule has 0 saturated carbocycles. The molecule has 0 aliphatic carbocycles. The smallest absolute Gasteiger partial charge is 0.237 e. The van der Waals surface area contributed by atoms with Crippen molar-refractivity contribution >= 4 is 17.5 Å². The second-order valence-electron chi connectivity index (χ2n) is 4.52. The molecule has 4 heteroatoms. The van der Waals surface area contributed by atoms with Gasteiger partial charge in [-0.15, -0.1) is 11.6 Å². The van der Waals surface area contributed by atoms with Crippen LogP contribution in [0.3, 0.4) is 0 Å². The third kappa shape index (κ3) is 4.57. The lowest BCUT2D eigenvalue weighted by Gasteiger charge is -2.16. The predicted octanol–water partition coefficient (Wildman–Crippen LogP) is 2.89. The summed E-state index contributed by atoms with van der Waals surface area (Å²) < 4.78 is 5.63. The summed E-state index contributed by atoms with van der Waals surface area (Å²) in [7, 11) is 1.72. The molecular weight excluding hydrogens is 250 g/mol. The largest absolute Gasteiger partial charge is 0.492 e. The number of alkyl halides is 1. The van der Waals surface area contributed by atoms with E-state index in [1.165, 1.54) is 5.56 Å². The highest BCUT2D eigenvalue weighted by Gasteiger charge is 2.06. The maximum atomic E-state index is 11.2. The Morgan fingerprint density at radius 1 is 1.44 bits per heavy atom. The van der Waals surface area contributed by atoms with E-state index < -0.39 is 0 Å². The van der Waals surface area contributed by atoms with Crippen molar-refractivity contribution in [3.63, 3.8) is 0 Å². The molecule has 3 nitrogen and oxygen atoms in total. The van der Waals surface area contributed by atoms with Gasteiger partial charge in [0.15, 0.2) is 0 Å². The van der Waals surface area contributed by atoms with Crippen LogP contribution in [0.25, 0.3) is 0 Å². The molecule has 0 unspecified atom stereocenters. The molecule has 18 heavy (non-hydrogen) atoms. The van der Waals surface area contributed by atoms with Crippen molar-refractivity contribution in [2.75, 3.05) is 26.1 Å². The number of likely N-dealkylation sites (N-methyl/N-ethyl adjacent to an activating group) is 1. The van der Waals surface area contributed by atoms with Crippen LogP contribution in [-0.2, 0) is 4.79 Å². The first kappa shape index (κ1) is 14.8. The van der Waals surface area contributed by atoms with E-state index in [1.807, 2.05) is 18.2 Å². The Bertz CT molecular complexity index is 393. The lowest BCUT2D eigenvalue weighted by Crippen LogP contribution is -2.31. The number of hydrogen-bond acceptors (Lipinski definition) is 2. The minimum Gasteiger partial charge on any atom is -0.492 e. The zero-order valence-corrected chi connectivity index (χ0v) is 11.9. The molecule has 0 spiro atoms. The first-order valence-corrected chi connectivity index (χ1v) is 6.60. The Balaban J connectivity index is 2.44. The minimum atomic E-state index is -0.0869. The fourth-order valence-corrected chi connectivity index (χ4v) is 1.69. The second kappa shape index (κ2) is 7.27. The Morgan fingerprint density at radius 3 is 2.78 bits per heavy atom. The van der Waals surface area contributed by atoms with Gasteiger partial charge in [-0.05, 0) is 23.6 Å². The van der Waals surface area contributed by atoms with Crippen LogP contribution in [0.1, 0.15) is 25.3 Å². The summed E-state index contributed by atoms with van der Waals surface area (Å²) in [6.45, 7) is 5.30. The van der Waals surface area contributed by atoms with Gasteiger partial charge in [0.2, 0.25) is 5.91 Å². The van der Waals surface area contributed by atoms with Gasteiger partial charge in [-0.25, -0.2) is 0 Å². The molecule has 0 aromatic heterocycles. The van der Waals surface area contributed by atoms with E-state index in [2.05, 4.69) is 19.9 Å². The van der Waals surface area contributed by atoms with Crippen LogP contribution in [0.4, 0.5) is 0 Å². The summed E-state index contributed by atoms with van der Waals surface area (Å²) in [5, 5.41) is 0. The summed E-state index contributed by atoms with van der Waals surface area (Å²) in [6.07, 6.45) is 0. The molecule has 0 bridgehead atoms. The topological polar surface area (TPSA) is 29.5 Å². The molecule has 1 aromatic carbocycles. The average Bonchev–Trinajstić information content (AvgIpc) is 2.38. The van der Waals surface area contributed by atoms with Crippen LogP contribution >= 0.6 is 11.6 Å². The Labute approximate surface area is 114 Å². The number of hydrogen-bond donors (Lipinski definition) is 0. The highest BCUT2D eigenvalue weighted by atomic mass is 35.5. The van der Waals surface area contributed by atoms with E-state index in [-0.39, 0.29) is 11.8 Å². The van der Waals surface area contributed by atoms with E-state index in [0.29, 0.717) is 19.1 Å². The summed E-state index contributed by atoms with van der Waals surface area (Å²) in [5.74, 6) is 1.25. The van der Waals surface area contributed by atoms with Gasteiger partial charge in [-0.3, -0.25) is 4.79 Å². The number of nitrogens with zero attached hydrogens (tertiary/aromatic N) is 1. The van der Waals surface area contributed by atoms with Crippen LogP contribution in [0.2, 0.25) is 0 Å². The van der Waals surface area contributed by atoms with Crippen molar-refractivity contribution in [1.29, 1.82) is 0 Å². The molecule has 100 valence electrons. The van der Waals surface area contributed by atoms with Gasteiger partial charge in [0.25, 0.3) is 0 Å².